The van der Waals surface area contributed by atoms with Gasteiger partial charge >= 0.3 is 0 Å². The highest BCUT2D eigenvalue weighted by Crippen LogP contribution is 2.33. The van der Waals surface area contributed by atoms with Gasteiger partial charge in [0.05, 0.1) is 31.3 Å². The highest BCUT2D eigenvalue weighted by molar-refractivity contribution is 6.01. The lowest BCUT2D eigenvalue weighted by atomic mass is 9.93. The van der Waals surface area contributed by atoms with Gasteiger partial charge in [-0.25, -0.2) is 0 Å². The molecule has 1 fully saturated rings. The molecule has 0 spiro atoms. The molecule has 0 radical (unpaired) electrons. The van der Waals surface area contributed by atoms with Gasteiger partial charge in [-0.1, -0.05) is 43.9 Å². The van der Waals surface area contributed by atoms with Gasteiger partial charge in [-0.3, -0.25) is 14.3 Å². The summed E-state index contributed by atoms with van der Waals surface area (Å²) in [5.41, 5.74) is 2.51. The Morgan fingerprint density at radius 3 is 2.79 bits per heavy atom. The van der Waals surface area contributed by atoms with Gasteiger partial charge in [0.15, 0.2) is 5.78 Å². The monoisotopic (exact) mass is 395 g/mol. The molecule has 1 aliphatic carbocycles. The van der Waals surface area contributed by atoms with Crippen molar-refractivity contribution in [2.45, 2.75) is 57.7 Å². The normalized spacial score (nSPS) is 17.7. The standard InChI is InChI=1S/C23H29N3O3/c1-29-13-12-25-11-10-19(24-25)15-22(27)21(14-17-6-2-3-7-17)26-16-18-8-4-5-9-20(18)23(26)28/h4-5,8-11,17,21H,2-3,6-7,12-16H2,1H3/t21-/m0/s1. The van der Waals surface area contributed by atoms with Crippen molar-refractivity contribution in [2.75, 3.05) is 13.7 Å². The zero-order valence-electron chi connectivity index (χ0n) is 17.0. The molecule has 0 bridgehead atoms. The van der Waals surface area contributed by atoms with Gasteiger partial charge in [-0.15, -0.1) is 0 Å². The molecule has 29 heavy (non-hydrogen) atoms. The molecule has 2 aromatic rings. The number of benzene rings is 1. The molecule has 1 aromatic heterocycles. The summed E-state index contributed by atoms with van der Waals surface area (Å²) in [4.78, 5) is 28.2. The molecular weight excluding hydrogens is 366 g/mol. The number of ketones is 1. The summed E-state index contributed by atoms with van der Waals surface area (Å²) in [6.07, 6.45) is 7.67. The Bertz CT molecular complexity index is 870. The molecule has 1 atom stereocenters. The zero-order valence-corrected chi connectivity index (χ0v) is 17.0. The fraction of sp³-hybridized carbons (Fsp3) is 0.522. The van der Waals surface area contributed by atoms with Crippen LogP contribution in [-0.2, 0) is 29.0 Å². The molecule has 1 amide bonds. The van der Waals surface area contributed by atoms with Crippen LogP contribution in [0.25, 0.3) is 0 Å². The summed E-state index contributed by atoms with van der Waals surface area (Å²) in [6.45, 7) is 1.77. The first kappa shape index (κ1) is 19.8. The third-order valence-electron chi connectivity index (χ3n) is 6.20. The van der Waals surface area contributed by atoms with Crippen LogP contribution in [0.4, 0.5) is 0 Å². The van der Waals surface area contributed by atoms with E-state index in [0.717, 1.165) is 36.1 Å². The van der Waals surface area contributed by atoms with Crippen LogP contribution in [0, 0.1) is 5.92 Å². The molecule has 0 saturated heterocycles. The average molecular weight is 396 g/mol. The van der Waals surface area contributed by atoms with Crippen molar-refractivity contribution in [3.05, 3.63) is 53.3 Å². The van der Waals surface area contributed by atoms with Gasteiger partial charge in [0.1, 0.15) is 0 Å². The minimum Gasteiger partial charge on any atom is -0.383 e. The molecule has 1 aromatic carbocycles. The maximum Gasteiger partial charge on any atom is 0.255 e. The van der Waals surface area contributed by atoms with Crippen LogP contribution in [0.1, 0.15) is 53.7 Å². The van der Waals surface area contributed by atoms with Crippen molar-refractivity contribution in [3.8, 4) is 0 Å². The third-order valence-corrected chi connectivity index (χ3v) is 6.20. The van der Waals surface area contributed by atoms with Gasteiger partial charge in [-0.2, -0.15) is 5.10 Å². The minimum absolute atomic E-state index is 0.0115. The van der Waals surface area contributed by atoms with Crippen molar-refractivity contribution < 1.29 is 14.3 Å². The van der Waals surface area contributed by atoms with E-state index >= 15 is 0 Å². The van der Waals surface area contributed by atoms with E-state index < -0.39 is 0 Å². The molecule has 0 N–H and O–H groups in total. The second kappa shape index (κ2) is 8.91. The summed E-state index contributed by atoms with van der Waals surface area (Å²) in [5, 5.41) is 4.50. The topological polar surface area (TPSA) is 64.4 Å². The fourth-order valence-corrected chi connectivity index (χ4v) is 4.63. The van der Waals surface area contributed by atoms with E-state index in [0.29, 0.717) is 25.6 Å². The quantitative estimate of drug-likeness (QED) is 0.654. The van der Waals surface area contributed by atoms with Gasteiger partial charge in [0, 0.05) is 25.4 Å². The lowest BCUT2D eigenvalue weighted by Crippen LogP contribution is -2.43. The van der Waals surface area contributed by atoms with Crippen LogP contribution in [0.15, 0.2) is 36.5 Å². The number of rotatable bonds is 9. The molecule has 2 aliphatic rings. The molecule has 1 aliphatic heterocycles. The average Bonchev–Trinajstić information content (AvgIpc) is 3.46. The number of methoxy groups -OCH3 is 1. The number of carbonyl (C=O) groups is 2. The summed E-state index contributed by atoms with van der Waals surface area (Å²) in [7, 11) is 1.66. The molecule has 6 heteroatoms. The van der Waals surface area contributed by atoms with Crippen molar-refractivity contribution in [3.63, 3.8) is 0 Å². The lowest BCUT2D eigenvalue weighted by Gasteiger charge is -2.29. The van der Waals surface area contributed by atoms with Gasteiger partial charge in [-0.05, 0) is 30.0 Å². The van der Waals surface area contributed by atoms with E-state index in [1.165, 1.54) is 12.8 Å². The Balaban J connectivity index is 1.50. The number of aromatic nitrogens is 2. The Morgan fingerprint density at radius 2 is 2.03 bits per heavy atom. The van der Waals surface area contributed by atoms with Crippen LogP contribution in [0.2, 0.25) is 0 Å². The van der Waals surface area contributed by atoms with Crippen molar-refractivity contribution in [1.29, 1.82) is 0 Å². The van der Waals surface area contributed by atoms with E-state index in [9.17, 15) is 9.59 Å². The number of nitrogens with zero attached hydrogens (tertiary/aromatic N) is 3. The lowest BCUT2D eigenvalue weighted by molar-refractivity contribution is -0.123. The van der Waals surface area contributed by atoms with E-state index in [-0.39, 0.29) is 24.2 Å². The van der Waals surface area contributed by atoms with Crippen LogP contribution >= 0.6 is 0 Å². The number of ether oxygens (including phenoxy) is 1. The van der Waals surface area contributed by atoms with Gasteiger partial charge < -0.3 is 9.64 Å². The first-order valence-corrected chi connectivity index (χ1v) is 10.6. The van der Waals surface area contributed by atoms with Crippen LogP contribution in [-0.4, -0.2) is 46.1 Å². The number of hydrogen-bond acceptors (Lipinski definition) is 4. The largest absolute Gasteiger partial charge is 0.383 e. The Labute approximate surface area is 171 Å². The number of fused-ring (bicyclic) bond motifs is 1. The first-order valence-electron chi connectivity index (χ1n) is 10.6. The SMILES string of the molecule is COCCn1ccc(CC(=O)[C@H](CC2CCCC2)N2Cc3ccccc3C2=O)n1. The van der Waals surface area contributed by atoms with Gasteiger partial charge in [0.2, 0.25) is 0 Å². The highest BCUT2D eigenvalue weighted by Gasteiger charge is 2.37. The molecule has 6 nitrogen and oxygen atoms in total. The van der Waals surface area contributed by atoms with E-state index in [2.05, 4.69) is 5.10 Å². The molecule has 4 rings (SSSR count). The van der Waals surface area contributed by atoms with Crippen LogP contribution in [0.5, 0.6) is 0 Å². The second-order valence-corrected chi connectivity index (χ2v) is 8.20. The summed E-state index contributed by atoms with van der Waals surface area (Å²) < 4.78 is 6.89. The van der Waals surface area contributed by atoms with Crippen molar-refractivity contribution >= 4 is 11.7 Å². The molecule has 2 heterocycles. The smallest absolute Gasteiger partial charge is 0.255 e. The summed E-state index contributed by atoms with van der Waals surface area (Å²) in [5.74, 6) is 0.609. The van der Waals surface area contributed by atoms with Crippen molar-refractivity contribution in [2.24, 2.45) is 5.92 Å². The maximum atomic E-state index is 13.3. The Kier molecular flexibility index (Phi) is 6.09. The third kappa shape index (κ3) is 4.42. The van der Waals surface area contributed by atoms with Crippen LogP contribution < -0.4 is 0 Å². The van der Waals surface area contributed by atoms with E-state index in [1.807, 2.05) is 36.5 Å². The van der Waals surface area contributed by atoms with Crippen molar-refractivity contribution in [1.82, 2.24) is 14.7 Å². The second-order valence-electron chi connectivity index (χ2n) is 8.20. The van der Waals surface area contributed by atoms with E-state index in [1.54, 1.807) is 16.7 Å². The van der Waals surface area contributed by atoms with Gasteiger partial charge in [0.25, 0.3) is 5.91 Å². The van der Waals surface area contributed by atoms with E-state index in [4.69, 9.17) is 4.74 Å². The number of carbonyl (C=O) groups excluding carboxylic acids is 2. The number of amides is 1. The number of hydrogen-bond donors (Lipinski definition) is 0. The molecule has 1 saturated carbocycles. The summed E-state index contributed by atoms with van der Waals surface area (Å²) in [6, 6.07) is 9.22. The predicted octanol–water partition coefficient (Wildman–Crippen LogP) is 3.25. The highest BCUT2D eigenvalue weighted by atomic mass is 16.5. The Morgan fingerprint density at radius 1 is 1.24 bits per heavy atom. The molecular formula is C23H29N3O3. The summed E-state index contributed by atoms with van der Waals surface area (Å²) >= 11 is 0. The predicted molar refractivity (Wildman–Crippen MR) is 109 cm³/mol. The molecule has 0 unspecified atom stereocenters. The zero-order chi connectivity index (χ0) is 20.2. The maximum absolute atomic E-state index is 13.3. The minimum atomic E-state index is -0.373. The van der Waals surface area contributed by atoms with Crippen LogP contribution in [0.3, 0.4) is 0 Å². The Hall–Kier alpha value is -2.47. The number of Topliss-reactive ketones (excluding diaryl/α,β-unsaturated/α-hetero) is 1. The fourth-order valence-electron chi connectivity index (χ4n) is 4.63. The molecule has 154 valence electrons. The first-order chi connectivity index (χ1) is 14.2.